The van der Waals surface area contributed by atoms with Gasteiger partial charge in [0.2, 0.25) is 0 Å². The van der Waals surface area contributed by atoms with Gasteiger partial charge in [-0.15, -0.1) is 0 Å². The molecule has 0 bridgehead atoms. The number of aromatic nitrogens is 2. The van der Waals surface area contributed by atoms with Crippen molar-refractivity contribution in [1.82, 2.24) is 9.97 Å². The predicted molar refractivity (Wildman–Crippen MR) is 116 cm³/mol. The van der Waals surface area contributed by atoms with Crippen LogP contribution in [0, 0.1) is 5.82 Å². The maximum Gasteiger partial charge on any atom is 0.263 e. The number of benzene rings is 2. The van der Waals surface area contributed by atoms with E-state index in [9.17, 15) is 12.8 Å². The molecular formula is C22H22FN4O2S-. The predicted octanol–water partition coefficient (Wildman–Crippen LogP) is 5.47. The highest BCUT2D eigenvalue weighted by Gasteiger charge is 2.16. The lowest BCUT2D eigenvalue weighted by atomic mass is 9.97. The average molecular weight is 426 g/mol. The fourth-order valence-corrected chi connectivity index (χ4v) is 4.41. The molecular weight excluding hydrogens is 403 g/mol. The third-order valence-electron chi connectivity index (χ3n) is 4.99. The second kappa shape index (κ2) is 8.79. The minimum atomic E-state index is -3.96. The van der Waals surface area contributed by atoms with Gasteiger partial charge in [-0.3, -0.25) is 4.72 Å². The Bertz CT molecular complexity index is 1180. The minimum Gasteiger partial charge on any atom is -0.462 e. The number of hydrogen-bond acceptors (Lipinski definition) is 4. The summed E-state index contributed by atoms with van der Waals surface area (Å²) in [5.74, 6) is -0.196. The summed E-state index contributed by atoms with van der Waals surface area (Å²) in [6.07, 6.45) is 7.70. The van der Waals surface area contributed by atoms with Gasteiger partial charge in [-0.2, -0.15) is 0 Å². The molecule has 156 valence electrons. The molecule has 0 radical (unpaired) electrons. The summed E-state index contributed by atoms with van der Waals surface area (Å²) in [5, 5.41) is 4.54. The lowest BCUT2D eigenvalue weighted by molar-refractivity contribution is 0.599. The highest BCUT2D eigenvalue weighted by molar-refractivity contribution is 7.92. The van der Waals surface area contributed by atoms with Crippen LogP contribution in [-0.2, 0) is 10.0 Å². The molecule has 8 heteroatoms. The molecule has 0 atom stereocenters. The fraction of sp³-hybridized carbons (Fsp3) is 0.273. The third-order valence-corrected chi connectivity index (χ3v) is 6.34. The van der Waals surface area contributed by atoms with Crippen LogP contribution in [0.1, 0.15) is 32.1 Å². The van der Waals surface area contributed by atoms with Crippen molar-refractivity contribution in [3.8, 4) is 0 Å². The number of nitrogens with zero attached hydrogens (tertiary/aromatic N) is 3. The van der Waals surface area contributed by atoms with E-state index in [0.717, 1.165) is 31.4 Å². The summed E-state index contributed by atoms with van der Waals surface area (Å²) in [6.45, 7) is 0.504. The van der Waals surface area contributed by atoms with E-state index in [4.69, 9.17) is 0 Å². The van der Waals surface area contributed by atoms with Crippen LogP contribution in [0.3, 0.4) is 0 Å². The SMILES string of the molecule is O=S(=O)(Nc1nc2ccccc2nc1[N-]CCC1=CCCCC1)c1ccc(F)cc1. The Kier molecular flexibility index (Phi) is 5.94. The van der Waals surface area contributed by atoms with Gasteiger partial charge in [-0.05, 0) is 80.3 Å². The zero-order valence-corrected chi connectivity index (χ0v) is 17.2. The summed E-state index contributed by atoms with van der Waals surface area (Å²) < 4.78 is 41.2. The Balaban J connectivity index is 1.60. The first kappa shape index (κ1) is 20.3. The minimum absolute atomic E-state index is 0.0582. The topological polar surface area (TPSA) is 86.1 Å². The van der Waals surface area contributed by atoms with Crippen LogP contribution in [0.5, 0.6) is 0 Å². The number of fused-ring (bicyclic) bond motifs is 1. The maximum absolute atomic E-state index is 13.2. The Morgan fingerprint density at radius 3 is 2.43 bits per heavy atom. The van der Waals surface area contributed by atoms with E-state index >= 15 is 0 Å². The standard InChI is InChI=1S/C22H22FN4O2S/c23-17-10-12-18(13-11-17)30(28,29)27-22-21(24-15-14-16-6-2-1-3-7-16)25-19-8-4-5-9-20(19)26-22/h4-6,8-13H,1-3,7,14-15H2,(H-,24,25,26,27)/q-1. The number of sulfonamides is 1. The number of rotatable bonds is 7. The van der Waals surface area contributed by atoms with Crippen molar-refractivity contribution in [2.45, 2.75) is 37.0 Å². The van der Waals surface area contributed by atoms with Crippen LogP contribution in [0.25, 0.3) is 16.4 Å². The van der Waals surface area contributed by atoms with E-state index in [2.05, 4.69) is 26.1 Å². The first-order valence-electron chi connectivity index (χ1n) is 9.92. The molecule has 0 unspecified atom stereocenters. The van der Waals surface area contributed by atoms with Gasteiger partial charge in [0.05, 0.1) is 10.4 Å². The van der Waals surface area contributed by atoms with E-state index in [0.29, 0.717) is 17.6 Å². The van der Waals surface area contributed by atoms with Crippen molar-refractivity contribution < 1.29 is 12.8 Å². The Labute approximate surface area is 175 Å². The van der Waals surface area contributed by atoms with Crippen LogP contribution >= 0.6 is 0 Å². The van der Waals surface area contributed by atoms with Crippen LogP contribution in [0.4, 0.5) is 16.0 Å². The summed E-state index contributed by atoms with van der Waals surface area (Å²) in [6, 6.07) is 11.8. The van der Waals surface area contributed by atoms with Gasteiger partial charge in [-0.1, -0.05) is 29.8 Å². The van der Waals surface area contributed by atoms with Gasteiger partial charge in [-0.25, -0.2) is 17.8 Å². The van der Waals surface area contributed by atoms with Crippen LogP contribution in [0.2, 0.25) is 0 Å². The van der Waals surface area contributed by atoms with Crippen molar-refractivity contribution in [3.63, 3.8) is 0 Å². The zero-order valence-electron chi connectivity index (χ0n) is 16.4. The smallest absolute Gasteiger partial charge is 0.263 e. The highest BCUT2D eigenvalue weighted by Crippen LogP contribution is 2.31. The van der Waals surface area contributed by atoms with Crippen molar-refractivity contribution in [2.24, 2.45) is 0 Å². The molecule has 0 fully saturated rings. The van der Waals surface area contributed by atoms with Gasteiger partial charge in [0.1, 0.15) is 11.6 Å². The Hall–Kier alpha value is -3.00. The first-order chi connectivity index (χ1) is 14.5. The van der Waals surface area contributed by atoms with Crippen molar-refractivity contribution >= 4 is 32.7 Å². The molecule has 0 spiro atoms. The Morgan fingerprint density at radius 1 is 1.00 bits per heavy atom. The molecule has 1 aromatic heterocycles. The van der Waals surface area contributed by atoms with Crippen molar-refractivity contribution in [1.29, 1.82) is 0 Å². The molecule has 0 saturated carbocycles. The summed E-state index contributed by atoms with van der Waals surface area (Å²) >= 11 is 0. The second-order valence-electron chi connectivity index (χ2n) is 7.18. The molecule has 3 aromatic rings. The number of halogens is 1. The van der Waals surface area contributed by atoms with E-state index in [1.54, 1.807) is 6.07 Å². The highest BCUT2D eigenvalue weighted by atomic mass is 32.2. The monoisotopic (exact) mass is 425 g/mol. The number of anilines is 1. The van der Waals surface area contributed by atoms with Gasteiger partial charge in [0.15, 0.2) is 0 Å². The molecule has 1 heterocycles. The van der Waals surface area contributed by atoms with E-state index in [1.807, 2.05) is 18.2 Å². The molecule has 0 aliphatic heterocycles. The lowest BCUT2D eigenvalue weighted by Gasteiger charge is -2.22. The summed E-state index contributed by atoms with van der Waals surface area (Å²) in [7, 11) is -3.96. The van der Waals surface area contributed by atoms with Crippen LogP contribution in [-0.4, -0.2) is 24.9 Å². The maximum atomic E-state index is 13.2. The fourth-order valence-electron chi connectivity index (χ4n) is 3.41. The zero-order chi connectivity index (χ0) is 21.0. The normalized spacial score (nSPS) is 14.4. The van der Waals surface area contributed by atoms with Gasteiger partial charge in [0.25, 0.3) is 10.0 Å². The van der Waals surface area contributed by atoms with Crippen LogP contribution < -0.4 is 4.72 Å². The van der Waals surface area contributed by atoms with E-state index < -0.39 is 15.8 Å². The van der Waals surface area contributed by atoms with Gasteiger partial charge >= 0.3 is 0 Å². The van der Waals surface area contributed by atoms with Gasteiger partial charge < -0.3 is 10.3 Å². The number of nitrogens with one attached hydrogen (secondary N) is 1. The first-order valence-corrected chi connectivity index (χ1v) is 11.4. The lowest BCUT2D eigenvalue weighted by Crippen LogP contribution is -2.14. The number of hydrogen-bond donors (Lipinski definition) is 1. The van der Waals surface area contributed by atoms with E-state index in [1.165, 1.54) is 30.5 Å². The summed E-state index contributed by atoms with van der Waals surface area (Å²) in [5.41, 5.74) is 2.58. The average Bonchev–Trinajstić information content (AvgIpc) is 2.75. The van der Waals surface area contributed by atoms with E-state index in [-0.39, 0.29) is 16.5 Å². The molecule has 6 nitrogen and oxygen atoms in total. The third kappa shape index (κ3) is 4.76. The number of para-hydroxylation sites is 2. The molecule has 30 heavy (non-hydrogen) atoms. The number of allylic oxidation sites excluding steroid dienone is 1. The van der Waals surface area contributed by atoms with Gasteiger partial charge in [0, 0.05) is 0 Å². The molecule has 0 amide bonds. The molecule has 4 rings (SSSR count). The molecule has 1 aliphatic rings. The molecule has 0 saturated heterocycles. The molecule has 1 N–H and O–H groups in total. The second-order valence-corrected chi connectivity index (χ2v) is 8.87. The largest absolute Gasteiger partial charge is 0.462 e. The molecule has 2 aromatic carbocycles. The summed E-state index contributed by atoms with van der Waals surface area (Å²) in [4.78, 5) is 8.89. The van der Waals surface area contributed by atoms with Crippen molar-refractivity contribution in [3.05, 3.63) is 71.3 Å². The quantitative estimate of drug-likeness (QED) is 0.509. The van der Waals surface area contributed by atoms with Crippen molar-refractivity contribution in [2.75, 3.05) is 11.3 Å². The Morgan fingerprint density at radius 2 is 1.73 bits per heavy atom. The molecule has 1 aliphatic carbocycles. The van der Waals surface area contributed by atoms with Crippen LogP contribution in [0.15, 0.2) is 65.1 Å².